The van der Waals surface area contributed by atoms with Crippen LogP contribution in [0.15, 0.2) is 22.7 Å². The third-order valence-corrected chi connectivity index (χ3v) is 3.59. The van der Waals surface area contributed by atoms with Gasteiger partial charge in [0.2, 0.25) is 0 Å². The maximum absolute atomic E-state index is 12.0. The number of ketones is 1. The molecule has 1 unspecified atom stereocenters. The number of fused-ring (bicyclic) bond motifs is 1. The fourth-order valence-corrected chi connectivity index (χ4v) is 2.53. The Morgan fingerprint density at radius 3 is 2.94 bits per heavy atom. The molecular formula is C12H11BrO3. The first-order chi connectivity index (χ1) is 7.63. The highest BCUT2D eigenvalue weighted by Crippen LogP contribution is 2.33. The second kappa shape index (κ2) is 4.37. The second-order valence-electron chi connectivity index (χ2n) is 3.81. The zero-order valence-corrected chi connectivity index (χ0v) is 10.4. The van der Waals surface area contributed by atoms with Crippen molar-refractivity contribution in [3.8, 4) is 0 Å². The number of carbonyl (C=O) groups excluding carboxylic acids is 2. The van der Waals surface area contributed by atoms with Crippen LogP contribution in [-0.2, 0) is 16.0 Å². The number of Topliss-reactive ketones (excluding diaryl/α,β-unsaturated/α-hetero) is 1. The summed E-state index contributed by atoms with van der Waals surface area (Å²) < 4.78 is 5.52. The summed E-state index contributed by atoms with van der Waals surface area (Å²) in [4.78, 5) is 23.1. The van der Waals surface area contributed by atoms with Gasteiger partial charge in [-0.2, -0.15) is 0 Å². The highest BCUT2D eigenvalue weighted by molar-refractivity contribution is 9.10. The van der Waals surface area contributed by atoms with Crippen LogP contribution >= 0.6 is 15.9 Å². The van der Waals surface area contributed by atoms with Gasteiger partial charge in [0.25, 0.3) is 0 Å². The van der Waals surface area contributed by atoms with Gasteiger partial charge in [0.1, 0.15) is 0 Å². The van der Waals surface area contributed by atoms with E-state index in [1.807, 2.05) is 12.1 Å². The van der Waals surface area contributed by atoms with Crippen molar-refractivity contribution in [1.29, 1.82) is 0 Å². The lowest BCUT2D eigenvalue weighted by Crippen LogP contribution is -2.15. The maximum Gasteiger partial charge on any atom is 0.306 e. The summed E-state index contributed by atoms with van der Waals surface area (Å²) >= 11 is 3.42. The Morgan fingerprint density at radius 2 is 2.31 bits per heavy atom. The number of rotatable bonds is 2. The van der Waals surface area contributed by atoms with Gasteiger partial charge in [0, 0.05) is 16.0 Å². The zero-order chi connectivity index (χ0) is 11.7. The van der Waals surface area contributed by atoms with Gasteiger partial charge in [0.15, 0.2) is 5.78 Å². The first kappa shape index (κ1) is 11.3. The Morgan fingerprint density at radius 1 is 1.56 bits per heavy atom. The molecule has 0 saturated carbocycles. The molecule has 1 atom stereocenters. The van der Waals surface area contributed by atoms with E-state index >= 15 is 0 Å². The summed E-state index contributed by atoms with van der Waals surface area (Å²) in [7, 11) is 1.34. The molecule has 16 heavy (non-hydrogen) atoms. The van der Waals surface area contributed by atoms with Crippen LogP contribution in [0.1, 0.15) is 22.3 Å². The van der Waals surface area contributed by atoms with Crippen molar-refractivity contribution in [3.05, 3.63) is 33.8 Å². The SMILES string of the molecule is COC(=O)CC1Cc2c(Br)cccc2C1=O. The average molecular weight is 283 g/mol. The molecule has 1 aromatic rings. The Bertz CT molecular complexity index is 454. The van der Waals surface area contributed by atoms with Crippen LogP contribution in [-0.4, -0.2) is 18.9 Å². The molecule has 0 aromatic heterocycles. The number of ether oxygens (including phenoxy) is 1. The zero-order valence-electron chi connectivity index (χ0n) is 8.83. The lowest BCUT2D eigenvalue weighted by atomic mass is 10.0. The second-order valence-corrected chi connectivity index (χ2v) is 4.67. The van der Waals surface area contributed by atoms with E-state index in [4.69, 9.17) is 0 Å². The molecule has 0 N–H and O–H groups in total. The van der Waals surface area contributed by atoms with E-state index in [1.54, 1.807) is 6.07 Å². The van der Waals surface area contributed by atoms with Gasteiger partial charge in [0.05, 0.1) is 13.5 Å². The molecule has 3 nitrogen and oxygen atoms in total. The van der Waals surface area contributed by atoms with E-state index < -0.39 is 0 Å². The third kappa shape index (κ3) is 1.89. The fourth-order valence-electron chi connectivity index (χ4n) is 2.01. The summed E-state index contributed by atoms with van der Waals surface area (Å²) in [5.41, 5.74) is 1.73. The topological polar surface area (TPSA) is 43.4 Å². The minimum atomic E-state index is -0.331. The van der Waals surface area contributed by atoms with Crippen molar-refractivity contribution in [2.75, 3.05) is 7.11 Å². The first-order valence-electron chi connectivity index (χ1n) is 5.02. The summed E-state index contributed by atoms with van der Waals surface area (Å²) in [6, 6.07) is 5.55. The van der Waals surface area contributed by atoms with E-state index in [0.717, 1.165) is 15.6 Å². The first-order valence-corrected chi connectivity index (χ1v) is 5.81. The number of benzene rings is 1. The number of hydrogen-bond donors (Lipinski definition) is 0. The predicted molar refractivity (Wildman–Crippen MR) is 62.3 cm³/mol. The molecule has 0 spiro atoms. The van der Waals surface area contributed by atoms with Gasteiger partial charge >= 0.3 is 5.97 Å². The average Bonchev–Trinajstić information content (AvgIpc) is 2.58. The largest absolute Gasteiger partial charge is 0.469 e. The smallest absolute Gasteiger partial charge is 0.306 e. The molecule has 0 amide bonds. The molecule has 0 heterocycles. The van der Waals surface area contributed by atoms with Crippen molar-refractivity contribution in [3.63, 3.8) is 0 Å². The number of halogens is 1. The summed E-state index contributed by atoms with van der Waals surface area (Å²) in [6.07, 6.45) is 0.779. The maximum atomic E-state index is 12.0. The lowest BCUT2D eigenvalue weighted by Gasteiger charge is -2.04. The Kier molecular flexibility index (Phi) is 3.10. The van der Waals surface area contributed by atoms with Crippen molar-refractivity contribution in [2.45, 2.75) is 12.8 Å². The molecular weight excluding hydrogens is 272 g/mol. The highest BCUT2D eigenvalue weighted by atomic mass is 79.9. The lowest BCUT2D eigenvalue weighted by molar-refractivity contribution is -0.141. The Labute approximate surface area is 102 Å². The molecule has 2 rings (SSSR count). The highest BCUT2D eigenvalue weighted by Gasteiger charge is 2.33. The summed E-state index contributed by atoms with van der Waals surface area (Å²) in [5, 5.41) is 0. The van der Waals surface area contributed by atoms with Gasteiger partial charge in [-0.3, -0.25) is 9.59 Å². The summed E-state index contributed by atoms with van der Waals surface area (Å²) in [5.74, 6) is -0.551. The van der Waals surface area contributed by atoms with Crippen LogP contribution in [0.2, 0.25) is 0 Å². The van der Waals surface area contributed by atoms with Gasteiger partial charge in [-0.25, -0.2) is 0 Å². The number of hydrogen-bond acceptors (Lipinski definition) is 3. The van der Waals surface area contributed by atoms with E-state index in [9.17, 15) is 9.59 Å². The third-order valence-electron chi connectivity index (χ3n) is 2.85. The van der Waals surface area contributed by atoms with Crippen LogP contribution in [0.4, 0.5) is 0 Å². The molecule has 0 saturated heterocycles. The molecule has 0 radical (unpaired) electrons. The van der Waals surface area contributed by atoms with Crippen LogP contribution in [0, 0.1) is 5.92 Å². The fraction of sp³-hybridized carbons (Fsp3) is 0.333. The molecule has 0 aliphatic heterocycles. The molecule has 0 bridgehead atoms. The van der Waals surface area contributed by atoms with Crippen molar-refractivity contribution in [1.82, 2.24) is 0 Å². The number of carbonyl (C=O) groups is 2. The van der Waals surface area contributed by atoms with Crippen molar-refractivity contribution < 1.29 is 14.3 Å². The molecule has 1 aromatic carbocycles. The number of methoxy groups -OCH3 is 1. The van der Waals surface area contributed by atoms with Gasteiger partial charge in [-0.05, 0) is 18.1 Å². The van der Waals surface area contributed by atoms with Crippen molar-refractivity contribution >= 4 is 27.7 Å². The molecule has 84 valence electrons. The minimum absolute atomic E-state index is 0.0432. The van der Waals surface area contributed by atoms with Crippen LogP contribution in [0.25, 0.3) is 0 Å². The van der Waals surface area contributed by atoms with E-state index in [1.165, 1.54) is 7.11 Å². The molecule has 1 aliphatic rings. The van der Waals surface area contributed by atoms with Crippen molar-refractivity contribution in [2.24, 2.45) is 5.92 Å². The van der Waals surface area contributed by atoms with E-state index in [0.29, 0.717) is 6.42 Å². The van der Waals surface area contributed by atoms with Crippen LogP contribution in [0.3, 0.4) is 0 Å². The molecule has 0 fully saturated rings. The van der Waals surface area contributed by atoms with Crippen LogP contribution in [0.5, 0.6) is 0 Å². The predicted octanol–water partition coefficient (Wildman–Crippen LogP) is 2.37. The molecule has 4 heteroatoms. The number of esters is 1. The van der Waals surface area contributed by atoms with Gasteiger partial charge < -0.3 is 4.74 Å². The van der Waals surface area contributed by atoms with E-state index in [2.05, 4.69) is 20.7 Å². The van der Waals surface area contributed by atoms with Gasteiger partial charge in [-0.15, -0.1) is 0 Å². The molecule has 1 aliphatic carbocycles. The quantitative estimate of drug-likeness (QED) is 0.783. The standard InChI is InChI=1S/C12H11BrO3/c1-16-11(14)6-7-5-9-8(12(7)15)3-2-4-10(9)13/h2-4,7H,5-6H2,1H3. The Hall–Kier alpha value is -1.16. The minimum Gasteiger partial charge on any atom is -0.469 e. The van der Waals surface area contributed by atoms with E-state index in [-0.39, 0.29) is 24.1 Å². The summed E-state index contributed by atoms with van der Waals surface area (Å²) in [6.45, 7) is 0. The monoisotopic (exact) mass is 282 g/mol. The Balaban J connectivity index is 2.24. The van der Waals surface area contributed by atoms with Gasteiger partial charge in [-0.1, -0.05) is 28.1 Å². The normalized spacial score (nSPS) is 18.4. The van der Waals surface area contributed by atoms with Crippen LogP contribution < -0.4 is 0 Å².